The third kappa shape index (κ3) is 2.98. The van der Waals surface area contributed by atoms with Gasteiger partial charge in [-0.1, -0.05) is 18.2 Å². The summed E-state index contributed by atoms with van der Waals surface area (Å²) in [6, 6.07) is 12.4. The Morgan fingerprint density at radius 1 is 1.21 bits per heavy atom. The topological polar surface area (TPSA) is 113 Å². The van der Waals surface area contributed by atoms with Crippen LogP contribution < -0.4 is 11.1 Å². The number of rotatable bonds is 3. The van der Waals surface area contributed by atoms with E-state index in [1.54, 1.807) is 24.4 Å². The van der Waals surface area contributed by atoms with Gasteiger partial charge in [-0.2, -0.15) is 10.4 Å². The first-order chi connectivity index (χ1) is 16.4. The first-order valence-corrected chi connectivity index (χ1v) is 11.5. The number of carbonyl (C=O) groups is 1. The zero-order chi connectivity index (χ0) is 23.5. The number of urea groups is 1. The summed E-state index contributed by atoms with van der Waals surface area (Å²) >= 11 is 0. The number of aromatic nitrogens is 3. The average molecular weight is 458 g/mol. The van der Waals surface area contributed by atoms with Gasteiger partial charge < -0.3 is 16.0 Å². The molecule has 3 N–H and O–H groups in total. The molecule has 2 amide bonds. The highest BCUT2D eigenvalue weighted by molar-refractivity contribution is 5.77. The van der Waals surface area contributed by atoms with Gasteiger partial charge in [0.2, 0.25) is 0 Å². The van der Waals surface area contributed by atoms with Gasteiger partial charge >= 0.3 is 6.03 Å². The Balaban J connectivity index is 1.19. The molecule has 0 atom stereocenters. The number of amides is 2. The number of fused-ring (bicyclic) bond motifs is 2. The summed E-state index contributed by atoms with van der Waals surface area (Å²) in [5.41, 5.74) is 8.48. The lowest BCUT2D eigenvalue weighted by atomic mass is 9.71. The van der Waals surface area contributed by atoms with Crippen molar-refractivity contribution in [3.8, 4) is 17.3 Å². The number of nitrogens with zero attached hydrogens (tertiary/aromatic N) is 5. The van der Waals surface area contributed by atoms with Gasteiger partial charge in [0.05, 0.1) is 16.8 Å². The van der Waals surface area contributed by atoms with Gasteiger partial charge in [0, 0.05) is 48.1 Å². The van der Waals surface area contributed by atoms with E-state index in [9.17, 15) is 14.4 Å². The number of pyridine rings is 1. The summed E-state index contributed by atoms with van der Waals surface area (Å²) < 4.78 is 16.5. The molecule has 4 heterocycles. The second kappa shape index (κ2) is 7.29. The van der Waals surface area contributed by atoms with E-state index in [0.717, 1.165) is 49.2 Å². The fourth-order valence-electron chi connectivity index (χ4n) is 5.58. The third-order valence-corrected chi connectivity index (χ3v) is 7.68. The molecule has 0 radical (unpaired) electrons. The first-order valence-electron chi connectivity index (χ1n) is 11.5. The molecule has 1 spiro atoms. The summed E-state index contributed by atoms with van der Waals surface area (Å²) in [5, 5.41) is 17.1. The Kier molecular flexibility index (Phi) is 4.43. The lowest BCUT2D eigenvalue weighted by molar-refractivity contribution is 0.0760. The second-order valence-corrected chi connectivity index (χ2v) is 9.64. The lowest BCUT2D eigenvalue weighted by Gasteiger charge is -2.50. The van der Waals surface area contributed by atoms with Crippen LogP contribution in [0.1, 0.15) is 42.5 Å². The highest BCUT2D eigenvalue weighted by atomic mass is 19.1. The summed E-state index contributed by atoms with van der Waals surface area (Å²) in [5.74, 6) is -0.0683. The number of carbonyl (C=O) groups excluding carboxylic acids is 1. The number of nitrogens with two attached hydrogens (primary N) is 1. The van der Waals surface area contributed by atoms with Crippen LogP contribution in [0.3, 0.4) is 0 Å². The number of halogens is 1. The maximum atomic E-state index is 14.5. The van der Waals surface area contributed by atoms with E-state index in [2.05, 4.69) is 16.4 Å². The first kappa shape index (κ1) is 20.7. The summed E-state index contributed by atoms with van der Waals surface area (Å²) in [6.07, 6.45) is 5.00. The van der Waals surface area contributed by atoms with Crippen LogP contribution >= 0.6 is 0 Å². The number of anilines is 1. The molecule has 172 valence electrons. The number of likely N-dealkylation sites (tertiary alicyclic amines) is 1. The van der Waals surface area contributed by atoms with Gasteiger partial charge in [-0.25, -0.2) is 14.2 Å². The van der Waals surface area contributed by atoms with E-state index in [0.29, 0.717) is 24.2 Å². The van der Waals surface area contributed by atoms with Gasteiger partial charge in [0.1, 0.15) is 17.7 Å². The van der Waals surface area contributed by atoms with Crippen molar-refractivity contribution >= 4 is 11.8 Å². The zero-order valence-corrected chi connectivity index (χ0v) is 18.6. The second-order valence-electron chi connectivity index (χ2n) is 9.64. The van der Waals surface area contributed by atoms with Crippen molar-refractivity contribution in [2.45, 2.75) is 43.2 Å². The Morgan fingerprint density at radius 2 is 2.00 bits per heavy atom. The van der Waals surface area contributed by atoms with Gasteiger partial charge in [-0.05, 0) is 43.9 Å². The smallest absolute Gasteiger partial charge is 0.318 e. The number of nitrogen functional groups attached to an aromatic ring is 1. The number of hydrogen-bond acceptors (Lipinski definition) is 5. The number of nitrogens with one attached hydrogen (secondary N) is 1. The quantitative estimate of drug-likeness (QED) is 0.627. The number of hydrogen-bond donors (Lipinski definition) is 2. The van der Waals surface area contributed by atoms with Crippen molar-refractivity contribution in [1.29, 1.82) is 5.26 Å². The van der Waals surface area contributed by atoms with Crippen LogP contribution in [0.25, 0.3) is 11.3 Å². The standard InChI is InChI=1S/C25H24FN7O/c26-19-5-2-1-4-18(19)25(6-3-7-25)30-23(34)32-14-24(15-32)8-9-33-21(24)11-20(31-33)17-10-16(12-27)22(28)29-13-17/h1-2,4-5,10-11,13H,3,6-9,14-15H2,(H2,28,29)(H,30,34). The molecule has 2 aromatic heterocycles. The summed E-state index contributed by atoms with van der Waals surface area (Å²) in [4.78, 5) is 19.0. The Labute approximate surface area is 196 Å². The van der Waals surface area contributed by atoms with Crippen LogP contribution in [-0.4, -0.2) is 38.8 Å². The average Bonchev–Trinajstić information content (AvgIpc) is 3.35. The molecule has 2 aliphatic heterocycles. The largest absolute Gasteiger partial charge is 0.383 e. The highest BCUT2D eigenvalue weighted by Crippen LogP contribution is 2.46. The molecule has 0 unspecified atom stereocenters. The minimum absolute atomic E-state index is 0.132. The number of nitriles is 1. The normalized spacial score (nSPS) is 19.1. The molecular weight excluding hydrogens is 433 g/mol. The van der Waals surface area contributed by atoms with Gasteiger partial charge in [-0.15, -0.1) is 0 Å². The van der Waals surface area contributed by atoms with E-state index < -0.39 is 5.54 Å². The van der Waals surface area contributed by atoms with E-state index in [4.69, 9.17) is 10.8 Å². The molecule has 34 heavy (non-hydrogen) atoms. The monoisotopic (exact) mass is 457 g/mol. The third-order valence-electron chi connectivity index (χ3n) is 7.68. The highest BCUT2D eigenvalue weighted by Gasteiger charge is 2.53. The lowest BCUT2D eigenvalue weighted by Crippen LogP contribution is -2.65. The van der Waals surface area contributed by atoms with E-state index in [-0.39, 0.29) is 23.1 Å². The molecule has 8 nitrogen and oxygen atoms in total. The molecule has 6 rings (SSSR count). The molecule has 1 aliphatic carbocycles. The predicted molar refractivity (Wildman–Crippen MR) is 123 cm³/mol. The molecular formula is C25H24FN7O. The molecule has 3 aliphatic rings. The van der Waals surface area contributed by atoms with Crippen molar-refractivity contribution in [1.82, 2.24) is 25.0 Å². The van der Waals surface area contributed by atoms with Gasteiger partial charge in [0.25, 0.3) is 0 Å². The zero-order valence-electron chi connectivity index (χ0n) is 18.6. The van der Waals surface area contributed by atoms with Crippen LogP contribution in [0, 0.1) is 17.1 Å². The molecule has 9 heteroatoms. The van der Waals surface area contributed by atoms with Crippen LogP contribution in [0.4, 0.5) is 15.0 Å². The molecule has 1 aromatic carbocycles. The molecule has 1 saturated carbocycles. The molecule has 0 bridgehead atoms. The SMILES string of the molecule is N#Cc1cc(-c2cc3n(n2)CCC32CN(C(=O)NC3(c4ccccc4F)CCC3)C2)cnc1N. The van der Waals surface area contributed by atoms with Gasteiger partial charge in [0.15, 0.2) is 0 Å². The van der Waals surface area contributed by atoms with Crippen LogP contribution in [-0.2, 0) is 17.5 Å². The Morgan fingerprint density at radius 3 is 2.71 bits per heavy atom. The van der Waals surface area contributed by atoms with Crippen molar-refractivity contribution in [3.05, 3.63) is 65.2 Å². The van der Waals surface area contributed by atoms with Gasteiger partial charge in [-0.3, -0.25) is 4.68 Å². The Bertz CT molecular complexity index is 1350. The van der Waals surface area contributed by atoms with Crippen molar-refractivity contribution in [2.75, 3.05) is 18.8 Å². The molecule has 2 fully saturated rings. The fraction of sp³-hybridized carbons (Fsp3) is 0.360. The van der Waals surface area contributed by atoms with Crippen LogP contribution in [0.2, 0.25) is 0 Å². The van der Waals surface area contributed by atoms with E-state index in [1.807, 2.05) is 21.7 Å². The maximum absolute atomic E-state index is 14.5. The van der Waals surface area contributed by atoms with Crippen LogP contribution in [0.5, 0.6) is 0 Å². The Hall–Kier alpha value is -3.93. The minimum Gasteiger partial charge on any atom is -0.383 e. The fourth-order valence-corrected chi connectivity index (χ4v) is 5.58. The van der Waals surface area contributed by atoms with E-state index >= 15 is 0 Å². The van der Waals surface area contributed by atoms with Crippen LogP contribution in [0.15, 0.2) is 42.6 Å². The minimum atomic E-state index is -0.615. The van der Waals surface area contributed by atoms with Crippen molar-refractivity contribution in [2.24, 2.45) is 0 Å². The van der Waals surface area contributed by atoms with Crippen molar-refractivity contribution in [3.63, 3.8) is 0 Å². The summed E-state index contributed by atoms with van der Waals surface area (Å²) in [6.45, 7) is 1.97. The predicted octanol–water partition coefficient (Wildman–Crippen LogP) is 3.28. The molecule has 3 aromatic rings. The molecule has 1 saturated heterocycles. The summed E-state index contributed by atoms with van der Waals surface area (Å²) in [7, 11) is 0. The number of aryl methyl sites for hydroxylation is 1. The maximum Gasteiger partial charge on any atom is 0.318 e. The van der Waals surface area contributed by atoms with Crippen molar-refractivity contribution < 1.29 is 9.18 Å². The van der Waals surface area contributed by atoms with E-state index in [1.165, 1.54) is 6.07 Å². The number of benzene rings is 1.